The zero-order valence-corrected chi connectivity index (χ0v) is 12.2. The largest absolute Gasteiger partial charge is 0.409 e. The molecule has 0 saturated heterocycles. The Kier molecular flexibility index (Phi) is 6.36. The fraction of sp³-hybridized carbons (Fsp3) is 0.500. The summed E-state index contributed by atoms with van der Waals surface area (Å²) < 4.78 is 28.5. The normalized spacial score (nSPS) is 12.0. The minimum absolute atomic E-state index is 0.0373. The number of nitrogens with two attached hydrogens (primary N) is 1. The first kappa shape index (κ1) is 17.2. The number of rotatable bonds is 7. The van der Waals surface area contributed by atoms with E-state index in [9.17, 15) is 8.78 Å². The van der Waals surface area contributed by atoms with Crippen LogP contribution < -0.4 is 10.6 Å². The van der Waals surface area contributed by atoms with Crippen molar-refractivity contribution in [2.45, 2.75) is 32.7 Å². The van der Waals surface area contributed by atoms with E-state index < -0.39 is 11.6 Å². The summed E-state index contributed by atoms with van der Waals surface area (Å²) in [4.78, 5) is 1.51. The molecular weight excluding hydrogens is 280 g/mol. The summed E-state index contributed by atoms with van der Waals surface area (Å²) >= 11 is 0. The predicted octanol–water partition coefficient (Wildman–Crippen LogP) is 2.05. The van der Waals surface area contributed by atoms with Gasteiger partial charge in [0, 0.05) is 18.2 Å². The Labute approximate surface area is 122 Å². The molecule has 1 aromatic carbocycles. The highest BCUT2D eigenvalue weighted by Crippen LogP contribution is 2.28. The lowest BCUT2D eigenvalue weighted by Crippen LogP contribution is -2.38. The number of nitrogens with zero attached hydrogens (tertiary/aromatic N) is 2. The van der Waals surface area contributed by atoms with Crippen LogP contribution in [0.1, 0.15) is 32.3 Å². The highest BCUT2D eigenvalue weighted by Gasteiger charge is 2.23. The van der Waals surface area contributed by atoms with Gasteiger partial charge < -0.3 is 20.9 Å². The maximum atomic E-state index is 14.3. The minimum atomic E-state index is -0.808. The summed E-state index contributed by atoms with van der Waals surface area (Å²) in [5.74, 6) is -1.98. The zero-order valence-electron chi connectivity index (χ0n) is 12.2. The molecule has 0 unspecified atom stereocenters. The predicted molar refractivity (Wildman–Crippen MR) is 77.7 cm³/mol. The first-order valence-corrected chi connectivity index (χ1v) is 6.84. The Balaban J connectivity index is 3.32. The van der Waals surface area contributed by atoms with Crippen LogP contribution in [0.25, 0.3) is 0 Å². The highest BCUT2D eigenvalue weighted by atomic mass is 19.1. The van der Waals surface area contributed by atoms with E-state index in [1.54, 1.807) is 0 Å². The molecule has 7 heteroatoms. The van der Waals surface area contributed by atoms with Crippen LogP contribution in [0.4, 0.5) is 14.5 Å². The topological polar surface area (TPSA) is 82.1 Å². The van der Waals surface area contributed by atoms with E-state index >= 15 is 0 Å². The van der Waals surface area contributed by atoms with E-state index in [2.05, 4.69) is 5.16 Å². The van der Waals surface area contributed by atoms with E-state index in [-0.39, 0.29) is 36.3 Å². The number of anilines is 1. The van der Waals surface area contributed by atoms with Crippen LogP contribution in [-0.2, 0) is 0 Å². The Morgan fingerprint density at radius 2 is 1.81 bits per heavy atom. The summed E-state index contributed by atoms with van der Waals surface area (Å²) in [5.41, 5.74) is 5.10. The lowest BCUT2D eigenvalue weighted by atomic mass is 10.1. The molecule has 118 valence electrons. The molecular formula is C14H21F2N3O2. The van der Waals surface area contributed by atoms with Crippen molar-refractivity contribution in [1.82, 2.24) is 0 Å². The quantitative estimate of drug-likeness (QED) is 0.311. The Morgan fingerprint density at radius 3 is 2.19 bits per heavy atom. The molecule has 0 radical (unpaired) electrons. The fourth-order valence-electron chi connectivity index (χ4n) is 2.36. The minimum Gasteiger partial charge on any atom is -0.409 e. The number of oxime groups is 1. The first-order chi connectivity index (χ1) is 9.99. The lowest BCUT2D eigenvalue weighted by molar-refractivity contribution is 0.294. The van der Waals surface area contributed by atoms with E-state index in [1.807, 2.05) is 13.8 Å². The fourth-order valence-corrected chi connectivity index (χ4v) is 2.36. The maximum absolute atomic E-state index is 14.3. The van der Waals surface area contributed by atoms with Gasteiger partial charge in [-0.1, -0.05) is 19.0 Å². The summed E-state index contributed by atoms with van der Waals surface area (Å²) in [6.45, 7) is 3.75. The number of hydrogen-bond acceptors (Lipinski definition) is 4. The van der Waals surface area contributed by atoms with Crippen molar-refractivity contribution in [2.24, 2.45) is 10.9 Å². The molecule has 1 rings (SSSR count). The van der Waals surface area contributed by atoms with Gasteiger partial charge in [0.1, 0.15) is 17.3 Å². The molecule has 0 fully saturated rings. The van der Waals surface area contributed by atoms with Crippen LogP contribution >= 0.6 is 0 Å². The molecule has 0 atom stereocenters. The van der Waals surface area contributed by atoms with Crippen LogP contribution in [0.3, 0.4) is 0 Å². The summed E-state index contributed by atoms with van der Waals surface area (Å²) in [6.07, 6.45) is 1.38. The van der Waals surface area contributed by atoms with Gasteiger partial charge in [0.05, 0.1) is 6.61 Å². The highest BCUT2D eigenvalue weighted by molar-refractivity contribution is 5.97. The van der Waals surface area contributed by atoms with Crippen molar-refractivity contribution < 1.29 is 19.1 Å². The van der Waals surface area contributed by atoms with Gasteiger partial charge in [-0.2, -0.15) is 0 Å². The number of amidine groups is 1. The summed E-state index contributed by atoms with van der Waals surface area (Å²) in [5, 5.41) is 20.4. The molecule has 0 aliphatic heterocycles. The summed E-state index contributed by atoms with van der Waals surface area (Å²) in [6, 6.07) is 1.94. The third-order valence-corrected chi connectivity index (χ3v) is 3.43. The number of halogens is 2. The van der Waals surface area contributed by atoms with Gasteiger partial charge in [0.25, 0.3) is 0 Å². The molecule has 4 N–H and O–H groups in total. The Hall–Kier alpha value is -1.89. The number of aliphatic hydroxyl groups excluding tert-OH is 1. The Bertz CT molecular complexity index is 482. The monoisotopic (exact) mass is 301 g/mol. The van der Waals surface area contributed by atoms with Crippen molar-refractivity contribution in [1.29, 1.82) is 0 Å². The molecule has 0 amide bonds. The van der Waals surface area contributed by atoms with E-state index in [0.717, 1.165) is 12.1 Å². The molecule has 0 spiro atoms. The number of aliphatic hydroxyl groups is 1. The van der Waals surface area contributed by atoms with Crippen LogP contribution in [0.15, 0.2) is 17.3 Å². The van der Waals surface area contributed by atoms with Crippen molar-refractivity contribution in [3.05, 3.63) is 29.3 Å². The number of benzene rings is 1. The average Bonchev–Trinajstić information content (AvgIpc) is 2.46. The van der Waals surface area contributed by atoms with Crippen LogP contribution in [0.2, 0.25) is 0 Å². The van der Waals surface area contributed by atoms with Gasteiger partial charge in [0.15, 0.2) is 5.84 Å². The van der Waals surface area contributed by atoms with Crippen molar-refractivity contribution in [3.63, 3.8) is 0 Å². The van der Waals surface area contributed by atoms with Gasteiger partial charge in [-0.15, -0.1) is 0 Å². The SMILES string of the molecule is CCC(CC)N(CCO)c1c(F)cc(C(N)=NO)cc1F. The smallest absolute Gasteiger partial charge is 0.170 e. The van der Waals surface area contributed by atoms with Crippen molar-refractivity contribution in [3.8, 4) is 0 Å². The number of hydrogen-bond donors (Lipinski definition) is 3. The van der Waals surface area contributed by atoms with Crippen molar-refractivity contribution >= 4 is 11.5 Å². The lowest BCUT2D eigenvalue weighted by Gasteiger charge is -2.32. The van der Waals surface area contributed by atoms with Gasteiger partial charge in [-0.3, -0.25) is 0 Å². The molecule has 0 aliphatic rings. The second kappa shape index (κ2) is 7.78. The molecule has 0 aromatic heterocycles. The zero-order chi connectivity index (χ0) is 16.0. The molecule has 0 aliphatic carbocycles. The first-order valence-electron chi connectivity index (χ1n) is 6.84. The van der Waals surface area contributed by atoms with Gasteiger partial charge in [-0.25, -0.2) is 8.78 Å². The second-order valence-corrected chi connectivity index (χ2v) is 4.66. The average molecular weight is 301 g/mol. The van der Waals surface area contributed by atoms with Crippen LogP contribution in [0.5, 0.6) is 0 Å². The third-order valence-electron chi connectivity index (χ3n) is 3.43. The van der Waals surface area contributed by atoms with Gasteiger partial charge >= 0.3 is 0 Å². The second-order valence-electron chi connectivity index (χ2n) is 4.66. The third kappa shape index (κ3) is 3.81. The van der Waals surface area contributed by atoms with Crippen LogP contribution in [0, 0.1) is 11.6 Å². The van der Waals surface area contributed by atoms with Gasteiger partial charge in [0.2, 0.25) is 0 Å². The van der Waals surface area contributed by atoms with E-state index in [0.29, 0.717) is 12.8 Å². The van der Waals surface area contributed by atoms with E-state index in [1.165, 1.54) is 4.90 Å². The molecule has 21 heavy (non-hydrogen) atoms. The molecule has 0 heterocycles. The van der Waals surface area contributed by atoms with E-state index in [4.69, 9.17) is 16.0 Å². The molecule has 0 saturated carbocycles. The van der Waals surface area contributed by atoms with Gasteiger partial charge in [-0.05, 0) is 25.0 Å². The standard InChI is InChI=1S/C14H21F2N3O2/c1-3-10(4-2)19(5-6-20)13-11(15)7-9(8-12(13)16)14(17)18-21/h7-8,10,20-21H,3-6H2,1-2H3,(H2,17,18). The maximum Gasteiger partial charge on any atom is 0.170 e. The molecule has 0 bridgehead atoms. The van der Waals surface area contributed by atoms with Crippen LogP contribution in [-0.4, -0.2) is 35.3 Å². The molecule has 5 nitrogen and oxygen atoms in total. The van der Waals surface area contributed by atoms with Crippen molar-refractivity contribution in [2.75, 3.05) is 18.1 Å². The Morgan fingerprint density at radius 1 is 1.29 bits per heavy atom. The molecule has 1 aromatic rings. The summed E-state index contributed by atoms with van der Waals surface area (Å²) in [7, 11) is 0.